The Labute approximate surface area is 125 Å². The summed E-state index contributed by atoms with van der Waals surface area (Å²) in [6.07, 6.45) is 0. The first-order valence-corrected chi connectivity index (χ1v) is 7.54. The first-order chi connectivity index (χ1) is 8.58. The number of hydrogen-bond donors (Lipinski definition) is 1. The standard InChI is InChI=1S/C13H13BrN2S2/c1-16(7-9-4-5-18-8-9)12-3-2-10(14)6-11(12)13(15)17/h2-6,8H,7H2,1H3,(H2,15,17). The van der Waals surface area contributed by atoms with Gasteiger partial charge in [0.25, 0.3) is 0 Å². The summed E-state index contributed by atoms with van der Waals surface area (Å²) in [7, 11) is 2.04. The van der Waals surface area contributed by atoms with Crippen LogP contribution in [-0.2, 0) is 6.54 Å². The number of thiophene rings is 1. The van der Waals surface area contributed by atoms with E-state index >= 15 is 0 Å². The van der Waals surface area contributed by atoms with Gasteiger partial charge in [-0.15, -0.1) is 0 Å². The van der Waals surface area contributed by atoms with E-state index < -0.39 is 0 Å². The summed E-state index contributed by atoms with van der Waals surface area (Å²) in [4.78, 5) is 2.58. The van der Waals surface area contributed by atoms with Gasteiger partial charge in [-0.2, -0.15) is 11.3 Å². The van der Waals surface area contributed by atoms with Crippen LogP contribution in [0.25, 0.3) is 0 Å². The van der Waals surface area contributed by atoms with Crippen molar-refractivity contribution in [2.75, 3.05) is 11.9 Å². The zero-order valence-corrected chi connectivity index (χ0v) is 13.1. The molecule has 0 aliphatic carbocycles. The van der Waals surface area contributed by atoms with Crippen LogP contribution in [0.3, 0.4) is 0 Å². The normalized spacial score (nSPS) is 10.3. The highest BCUT2D eigenvalue weighted by Crippen LogP contribution is 2.25. The summed E-state index contributed by atoms with van der Waals surface area (Å²) < 4.78 is 0.984. The molecule has 1 aromatic heterocycles. The van der Waals surface area contributed by atoms with Gasteiger partial charge in [0, 0.05) is 29.3 Å². The van der Waals surface area contributed by atoms with Crippen LogP contribution in [0.15, 0.2) is 39.5 Å². The lowest BCUT2D eigenvalue weighted by atomic mass is 10.1. The molecule has 0 unspecified atom stereocenters. The number of nitrogens with two attached hydrogens (primary N) is 1. The Morgan fingerprint density at radius 1 is 1.44 bits per heavy atom. The third-order valence-electron chi connectivity index (χ3n) is 2.64. The lowest BCUT2D eigenvalue weighted by Gasteiger charge is -2.22. The van der Waals surface area contributed by atoms with Crippen LogP contribution in [0.2, 0.25) is 0 Å². The van der Waals surface area contributed by atoms with Crippen molar-refractivity contribution in [3.05, 3.63) is 50.6 Å². The van der Waals surface area contributed by atoms with E-state index in [1.54, 1.807) is 11.3 Å². The number of nitrogens with zero attached hydrogens (tertiary/aromatic N) is 1. The number of halogens is 1. The van der Waals surface area contributed by atoms with Crippen molar-refractivity contribution in [2.45, 2.75) is 6.54 Å². The third kappa shape index (κ3) is 3.10. The Kier molecular flexibility index (Phi) is 4.37. The summed E-state index contributed by atoms with van der Waals surface area (Å²) in [5, 5.41) is 4.23. The molecule has 1 heterocycles. The number of rotatable bonds is 4. The topological polar surface area (TPSA) is 29.3 Å². The smallest absolute Gasteiger partial charge is 0.106 e. The van der Waals surface area contributed by atoms with Gasteiger partial charge < -0.3 is 10.6 Å². The largest absolute Gasteiger partial charge is 0.389 e. The summed E-state index contributed by atoms with van der Waals surface area (Å²) >= 11 is 10.3. The third-order valence-corrected chi connectivity index (χ3v) is 4.08. The molecular weight excluding hydrogens is 328 g/mol. The SMILES string of the molecule is CN(Cc1ccsc1)c1ccc(Br)cc1C(N)=S. The zero-order valence-electron chi connectivity index (χ0n) is 9.89. The second-order valence-corrected chi connectivity index (χ2v) is 6.15. The molecule has 0 spiro atoms. The average Bonchev–Trinajstić information content (AvgIpc) is 2.81. The van der Waals surface area contributed by atoms with E-state index in [4.69, 9.17) is 18.0 Å². The van der Waals surface area contributed by atoms with Gasteiger partial charge in [0.1, 0.15) is 4.99 Å². The monoisotopic (exact) mass is 340 g/mol. The van der Waals surface area contributed by atoms with Gasteiger partial charge in [-0.1, -0.05) is 28.1 Å². The molecule has 0 saturated heterocycles. The Bertz CT molecular complexity index is 552. The Morgan fingerprint density at radius 3 is 2.83 bits per heavy atom. The van der Waals surface area contributed by atoms with Gasteiger partial charge >= 0.3 is 0 Å². The maximum absolute atomic E-state index is 5.78. The van der Waals surface area contributed by atoms with Crippen molar-refractivity contribution in [3.8, 4) is 0 Å². The number of thiocarbonyl (C=S) groups is 1. The zero-order chi connectivity index (χ0) is 13.1. The molecule has 5 heteroatoms. The van der Waals surface area contributed by atoms with Crippen molar-refractivity contribution < 1.29 is 0 Å². The fourth-order valence-corrected chi connectivity index (χ4v) is 2.96. The van der Waals surface area contributed by atoms with Gasteiger partial charge in [-0.05, 0) is 40.6 Å². The van der Waals surface area contributed by atoms with Crippen LogP contribution < -0.4 is 10.6 Å². The van der Waals surface area contributed by atoms with E-state index in [-0.39, 0.29) is 0 Å². The number of hydrogen-bond acceptors (Lipinski definition) is 3. The molecule has 18 heavy (non-hydrogen) atoms. The lowest BCUT2D eigenvalue weighted by molar-refractivity contribution is 0.926. The molecule has 1 aromatic carbocycles. The highest BCUT2D eigenvalue weighted by Gasteiger charge is 2.10. The average molecular weight is 341 g/mol. The van der Waals surface area contributed by atoms with Crippen LogP contribution in [0.4, 0.5) is 5.69 Å². The van der Waals surface area contributed by atoms with Crippen LogP contribution in [0, 0.1) is 0 Å². The minimum atomic E-state index is 0.420. The highest BCUT2D eigenvalue weighted by molar-refractivity contribution is 9.10. The van der Waals surface area contributed by atoms with E-state index in [0.717, 1.165) is 22.3 Å². The molecular formula is C13H13BrN2S2. The highest BCUT2D eigenvalue weighted by atomic mass is 79.9. The molecule has 0 fully saturated rings. The minimum absolute atomic E-state index is 0.420. The Morgan fingerprint density at radius 2 is 2.22 bits per heavy atom. The summed E-state index contributed by atoms with van der Waals surface area (Å²) in [5.41, 5.74) is 9.02. The van der Waals surface area contributed by atoms with Gasteiger partial charge in [0.15, 0.2) is 0 Å². The van der Waals surface area contributed by atoms with Crippen LogP contribution in [-0.4, -0.2) is 12.0 Å². The Hall–Kier alpha value is -0.910. The van der Waals surface area contributed by atoms with Gasteiger partial charge in [-0.25, -0.2) is 0 Å². The first kappa shape index (κ1) is 13.5. The maximum Gasteiger partial charge on any atom is 0.106 e. The first-order valence-electron chi connectivity index (χ1n) is 5.39. The molecule has 94 valence electrons. The van der Waals surface area contributed by atoms with Crippen LogP contribution in [0.1, 0.15) is 11.1 Å². The summed E-state index contributed by atoms with van der Waals surface area (Å²) in [5.74, 6) is 0. The number of anilines is 1. The van der Waals surface area contributed by atoms with Crippen molar-refractivity contribution in [1.82, 2.24) is 0 Å². The van der Waals surface area contributed by atoms with Crippen molar-refractivity contribution in [2.24, 2.45) is 5.73 Å². The van der Waals surface area contributed by atoms with E-state index in [1.807, 2.05) is 25.2 Å². The fraction of sp³-hybridized carbons (Fsp3) is 0.154. The molecule has 2 N–H and O–H groups in total. The molecule has 0 aliphatic rings. The van der Waals surface area contributed by atoms with Crippen molar-refractivity contribution in [3.63, 3.8) is 0 Å². The van der Waals surface area contributed by atoms with Gasteiger partial charge in [0.05, 0.1) is 0 Å². The van der Waals surface area contributed by atoms with Crippen LogP contribution >= 0.6 is 39.5 Å². The molecule has 0 amide bonds. The summed E-state index contributed by atoms with van der Waals surface area (Å²) in [6.45, 7) is 0.848. The molecule has 2 aromatic rings. The van der Waals surface area contributed by atoms with Crippen LogP contribution in [0.5, 0.6) is 0 Å². The van der Waals surface area contributed by atoms with Gasteiger partial charge in [-0.3, -0.25) is 0 Å². The lowest BCUT2D eigenvalue weighted by Crippen LogP contribution is -2.21. The molecule has 0 atom stereocenters. The predicted octanol–water partition coefficient (Wildman–Crippen LogP) is 3.78. The summed E-state index contributed by atoms with van der Waals surface area (Å²) in [6, 6.07) is 8.12. The van der Waals surface area contributed by atoms with Crippen molar-refractivity contribution >= 4 is 50.2 Å². The number of benzene rings is 1. The molecule has 0 radical (unpaired) electrons. The molecule has 0 aliphatic heterocycles. The van der Waals surface area contributed by atoms with E-state index in [2.05, 4.69) is 37.7 Å². The van der Waals surface area contributed by atoms with Gasteiger partial charge in [0.2, 0.25) is 0 Å². The quantitative estimate of drug-likeness (QED) is 0.858. The minimum Gasteiger partial charge on any atom is -0.389 e. The van der Waals surface area contributed by atoms with E-state index in [9.17, 15) is 0 Å². The fourth-order valence-electron chi connectivity index (χ4n) is 1.78. The van der Waals surface area contributed by atoms with Crippen molar-refractivity contribution in [1.29, 1.82) is 0 Å². The molecule has 2 rings (SSSR count). The maximum atomic E-state index is 5.78. The second-order valence-electron chi connectivity index (χ2n) is 4.01. The molecule has 0 bridgehead atoms. The Balaban J connectivity index is 2.29. The predicted molar refractivity (Wildman–Crippen MR) is 86.5 cm³/mol. The van der Waals surface area contributed by atoms with E-state index in [0.29, 0.717) is 4.99 Å². The molecule has 0 saturated carbocycles. The van der Waals surface area contributed by atoms with E-state index in [1.165, 1.54) is 5.56 Å². The molecule has 2 nitrogen and oxygen atoms in total. The second kappa shape index (κ2) is 5.82.